The monoisotopic (exact) mass is 228 g/mol. The van der Waals surface area contributed by atoms with E-state index in [4.69, 9.17) is 9.47 Å². The molecule has 3 unspecified atom stereocenters. The largest absolute Gasteiger partial charge is 0.382 e. The van der Waals surface area contributed by atoms with Gasteiger partial charge in [0.2, 0.25) is 0 Å². The lowest BCUT2D eigenvalue weighted by Gasteiger charge is -2.31. The summed E-state index contributed by atoms with van der Waals surface area (Å²) >= 11 is 0. The summed E-state index contributed by atoms with van der Waals surface area (Å²) < 4.78 is 10.1. The van der Waals surface area contributed by atoms with Gasteiger partial charge in [-0.25, -0.2) is 0 Å². The van der Waals surface area contributed by atoms with Crippen molar-refractivity contribution in [2.45, 2.75) is 33.1 Å². The van der Waals surface area contributed by atoms with E-state index in [-0.39, 0.29) is 18.3 Å². The highest BCUT2D eigenvalue weighted by molar-refractivity contribution is 5.82. The molecule has 94 valence electrons. The van der Waals surface area contributed by atoms with Crippen LogP contribution in [0.2, 0.25) is 0 Å². The average Bonchev–Trinajstić information content (AvgIpc) is 2.28. The normalized spacial score (nSPS) is 30.3. The van der Waals surface area contributed by atoms with Crippen molar-refractivity contribution in [1.29, 1.82) is 0 Å². The summed E-state index contributed by atoms with van der Waals surface area (Å²) in [6, 6.07) is 0. The summed E-state index contributed by atoms with van der Waals surface area (Å²) in [6.07, 6.45) is 3.25. The molecule has 3 nitrogen and oxygen atoms in total. The minimum Gasteiger partial charge on any atom is -0.382 e. The Labute approximate surface area is 98.5 Å². The van der Waals surface area contributed by atoms with Gasteiger partial charge in [-0.3, -0.25) is 4.79 Å². The smallest absolute Gasteiger partial charge is 0.161 e. The average molecular weight is 228 g/mol. The predicted molar refractivity (Wildman–Crippen MR) is 63.4 cm³/mol. The van der Waals surface area contributed by atoms with Crippen LogP contribution in [0.15, 0.2) is 0 Å². The third kappa shape index (κ3) is 4.22. The number of Topliss-reactive ketones (excluding diaryl/α,β-unsaturated/α-hetero) is 1. The van der Waals surface area contributed by atoms with Crippen LogP contribution in [0.4, 0.5) is 0 Å². The molecule has 0 spiro atoms. The molecule has 0 bridgehead atoms. The summed E-state index contributed by atoms with van der Waals surface area (Å²) in [7, 11) is 1.63. The van der Waals surface area contributed by atoms with Gasteiger partial charge in [0, 0.05) is 13.0 Å². The maximum absolute atomic E-state index is 11.8. The Morgan fingerprint density at radius 3 is 2.56 bits per heavy atom. The van der Waals surface area contributed by atoms with E-state index in [1.54, 1.807) is 7.11 Å². The molecule has 0 aliphatic heterocycles. The molecule has 3 atom stereocenters. The molecule has 1 saturated carbocycles. The summed E-state index contributed by atoms with van der Waals surface area (Å²) in [6.45, 7) is 5.86. The summed E-state index contributed by atoms with van der Waals surface area (Å²) in [4.78, 5) is 11.8. The number of rotatable bonds is 6. The number of hydrogen-bond acceptors (Lipinski definition) is 3. The highest BCUT2D eigenvalue weighted by atomic mass is 16.5. The van der Waals surface area contributed by atoms with Crippen molar-refractivity contribution in [3.63, 3.8) is 0 Å². The van der Waals surface area contributed by atoms with Gasteiger partial charge in [-0.2, -0.15) is 0 Å². The second-order valence-electron chi connectivity index (χ2n) is 4.98. The Morgan fingerprint density at radius 1 is 1.19 bits per heavy atom. The molecule has 0 aromatic carbocycles. The fraction of sp³-hybridized carbons (Fsp3) is 0.923. The summed E-state index contributed by atoms with van der Waals surface area (Å²) in [5, 5.41) is 0. The fourth-order valence-corrected chi connectivity index (χ4v) is 2.27. The number of carbonyl (C=O) groups excluding carboxylic acids is 1. The molecule has 0 aromatic heterocycles. The summed E-state index contributed by atoms with van der Waals surface area (Å²) in [5.41, 5.74) is 0. The predicted octanol–water partition coefficient (Wildman–Crippen LogP) is 2.29. The van der Waals surface area contributed by atoms with Crippen molar-refractivity contribution >= 4 is 5.78 Å². The first kappa shape index (κ1) is 13.7. The van der Waals surface area contributed by atoms with Crippen molar-refractivity contribution in [2.75, 3.05) is 26.9 Å². The Morgan fingerprint density at radius 2 is 1.94 bits per heavy atom. The second-order valence-corrected chi connectivity index (χ2v) is 4.98. The standard InChI is InChI=1S/C13H24O3/c1-10-4-5-12(8-11(10)2)13(14)9-16-7-6-15-3/h10-12H,4-9H2,1-3H3. The van der Waals surface area contributed by atoms with E-state index in [9.17, 15) is 4.79 Å². The van der Waals surface area contributed by atoms with E-state index < -0.39 is 0 Å². The molecule has 1 aliphatic carbocycles. The van der Waals surface area contributed by atoms with Crippen LogP contribution < -0.4 is 0 Å². The highest BCUT2D eigenvalue weighted by Crippen LogP contribution is 2.33. The van der Waals surface area contributed by atoms with Crippen LogP contribution in [0.3, 0.4) is 0 Å². The van der Waals surface area contributed by atoms with Crippen molar-refractivity contribution in [1.82, 2.24) is 0 Å². The Kier molecular flexibility index (Phi) is 5.99. The van der Waals surface area contributed by atoms with Gasteiger partial charge in [-0.1, -0.05) is 13.8 Å². The lowest BCUT2D eigenvalue weighted by Crippen LogP contribution is -2.29. The molecule has 3 heteroatoms. The van der Waals surface area contributed by atoms with Crippen molar-refractivity contribution in [2.24, 2.45) is 17.8 Å². The molecule has 0 heterocycles. The third-order valence-corrected chi connectivity index (χ3v) is 3.73. The van der Waals surface area contributed by atoms with Crippen molar-refractivity contribution in [3.8, 4) is 0 Å². The molecular formula is C13H24O3. The molecule has 0 radical (unpaired) electrons. The van der Waals surface area contributed by atoms with Gasteiger partial charge in [-0.05, 0) is 31.1 Å². The van der Waals surface area contributed by atoms with Gasteiger partial charge in [-0.15, -0.1) is 0 Å². The first-order valence-corrected chi connectivity index (χ1v) is 6.24. The Bertz CT molecular complexity index is 215. The summed E-state index contributed by atoms with van der Waals surface area (Å²) in [5.74, 6) is 1.93. The maximum Gasteiger partial charge on any atom is 0.161 e. The number of ketones is 1. The lowest BCUT2D eigenvalue weighted by atomic mass is 9.74. The van der Waals surface area contributed by atoms with E-state index in [1.165, 1.54) is 6.42 Å². The lowest BCUT2D eigenvalue weighted by molar-refractivity contribution is -0.129. The maximum atomic E-state index is 11.8. The molecule has 1 fully saturated rings. The number of methoxy groups -OCH3 is 1. The Balaban J connectivity index is 2.21. The van der Waals surface area contributed by atoms with Crippen LogP contribution >= 0.6 is 0 Å². The van der Waals surface area contributed by atoms with Crippen LogP contribution in [0.5, 0.6) is 0 Å². The first-order valence-electron chi connectivity index (χ1n) is 6.24. The second kappa shape index (κ2) is 7.02. The number of hydrogen-bond donors (Lipinski definition) is 0. The molecule has 1 rings (SSSR count). The molecule has 16 heavy (non-hydrogen) atoms. The zero-order valence-electron chi connectivity index (χ0n) is 10.7. The fourth-order valence-electron chi connectivity index (χ4n) is 2.27. The molecule has 0 aromatic rings. The molecule has 0 N–H and O–H groups in total. The van der Waals surface area contributed by atoms with Gasteiger partial charge in [0.25, 0.3) is 0 Å². The van der Waals surface area contributed by atoms with Gasteiger partial charge in [0.05, 0.1) is 13.2 Å². The van der Waals surface area contributed by atoms with Gasteiger partial charge < -0.3 is 9.47 Å². The third-order valence-electron chi connectivity index (χ3n) is 3.73. The molecular weight excluding hydrogens is 204 g/mol. The topological polar surface area (TPSA) is 35.5 Å². The minimum absolute atomic E-state index is 0.230. The van der Waals surface area contributed by atoms with E-state index in [0.29, 0.717) is 19.1 Å². The van der Waals surface area contributed by atoms with Crippen LogP contribution in [0.25, 0.3) is 0 Å². The van der Waals surface area contributed by atoms with Crippen molar-refractivity contribution < 1.29 is 14.3 Å². The zero-order valence-corrected chi connectivity index (χ0v) is 10.7. The van der Waals surface area contributed by atoms with Crippen LogP contribution in [-0.4, -0.2) is 32.7 Å². The van der Waals surface area contributed by atoms with Gasteiger partial charge >= 0.3 is 0 Å². The van der Waals surface area contributed by atoms with Crippen LogP contribution in [-0.2, 0) is 14.3 Å². The zero-order chi connectivity index (χ0) is 12.0. The van der Waals surface area contributed by atoms with E-state index in [2.05, 4.69) is 13.8 Å². The van der Waals surface area contributed by atoms with Crippen LogP contribution in [0, 0.1) is 17.8 Å². The van der Waals surface area contributed by atoms with Gasteiger partial charge in [0.1, 0.15) is 6.61 Å². The number of ether oxygens (including phenoxy) is 2. The quantitative estimate of drug-likeness (QED) is 0.654. The van der Waals surface area contributed by atoms with Crippen LogP contribution in [0.1, 0.15) is 33.1 Å². The molecule has 1 aliphatic rings. The number of carbonyl (C=O) groups is 1. The van der Waals surface area contributed by atoms with Gasteiger partial charge in [0.15, 0.2) is 5.78 Å². The molecule has 0 amide bonds. The van der Waals surface area contributed by atoms with Crippen molar-refractivity contribution in [3.05, 3.63) is 0 Å². The Hall–Kier alpha value is -0.410. The molecule has 0 saturated heterocycles. The first-order chi connectivity index (χ1) is 7.65. The van der Waals surface area contributed by atoms with E-state index in [0.717, 1.165) is 18.8 Å². The van der Waals surface area contributed by atoms with E-state index in [1.807, 2.05) is 0 Å². The minimum atomic E-state index is 0.230. The SMILES string of the molecule is COCCOCC(=O)C1CCC(C)C(C)C1. The highest BCUT2D eigenvalue weighted by Gasteiger charge is 2.28. The van der Waals surface area contributed by atoms with E-state index >= 15 is 0 Å².